The molecule has 138 valence electrons. The lowest BCUT2D eigenvalue weighted by Crippen LogP contribution is -2.46. The smallest absolute Gasteiger partial charge is 0.326 e. The lowest BCUT2D eigenvalue weighted by atomic mass is 9.82. The molecule has 0 radical (unpaired) electrons. The number of rotatable bonds is 6. The number of amides is 4. The molecule has 0 spiro atoms. The van der Waals surface area contributed by atoms with Crippen LogP contribution < -0.4 is 10.6 Å². The first-order chi connectivity index (χ1) is 13.1. The molecule has 2 aromatic rings. The summed E-state index contributed by atoms with van der Waals surface area (Å²) in [5.41, 5.74) is 0.00185. The van der Waals surface area contributed by atoms with E-state index in [1.54, 1.807) is 0 Å². The van der Waals surface area contributed by atoms with Gasteiger partial charge in [0.1, 0.15) is 6.54 Å². The Balaban J connectivity index is 1.65. The highest BCUT2D eigenvalue weighted by molar-refractivity contribution is 6.11. The van der Waals surface area contributed by atoms with Crippen LogP contribution in [0.5, 0.6) is 0 Å². The van der Waals surface area contributed by atoms with Crippen molar-refractivity contribution in [3.8, 4) is 0 Å². The van der Waals surface area contributed by atoms with Gasteiger partial charge in [0.15, 0.2) is 5.54 Å². The van der Waals surface area contributed by atoms with Crippen molar-refractivity contribution in [3.05, 3.63) is 71.8 Å². The SMILES string of the molecule is O=C(CN1C(=O)NC(c2ccccc2)(c2ccccc2)C1=O)NCC1CC1. The zero-order valence-electron chi connectivity index (χ0n) is 14.9. The van der Waals surface area contributed by atoms with E-state index in [1.807, 2.05) is 60.7 Å². The number of hydrogen-bond acceptors (Lipinski definition) is 3. The molecule has 27 heavy (non-hydrogen) atoms. The molecule has 1 aliphatic carbocycles. The van der Waals surface area contributed by atoms with Gasteiger partial charge < -0.3 is 10.6 Å². The van der Waals surface area contributed by atoms with Crippen LogP contribution >= 0.6 is 0 Å². The van der Waals surface area contributed by atoms with E-state index in [-0.39, 0.29) is 12.5 Å². The molecule has 1 heterocycles. The number of nitrogens with one attached hydrogen (secondary N) is 2. The normalized spacial score (nSPS) is 18.3. The second-order valence-corrected chi connectivity index (χ2v) is 7.05. The van der Waals surface area contributed by atoms with Crippen molar-refractivity contribution < 1.29 is 14.4 Å². The van der Waals surface area contributed by atoms with Gasteiger partial charge >= 0.3 is 6.03 Å². The molecular weight excluding hydrogens is 342 g/mol. The Morgan fingerprint density at radius 2 is 1.56 bits per heavy atom. The fraction of sp³-hybridized carbons (Fsp3) is 0.286. The van der Waals surface area contributed by atoms with Crippen LogP contribution in [0.3, 0.4) is 0 Å². The van der Waals surface area contributed by atoms with Crippen LogP contribution in [0.25, 0.3) is 0 Å². The van der Waals surface area contributed by atoms with Crippen molar-refractivity contribution in [1.29, 1.82) is 0 Å². The molecule has 4 rings (SSSR count). The summed E-state index contributed by atoms with van der Waals surface area (Å²) < 4.78 is 0. The number of hydrogen-bond donors (Lipinski definition) is 2. The van der Waals surface area contributed by atoms with E-state index in [2.05, 4.69) is 10.6 Å². The van der Waals surface area contributed by atoms with Gasteiger partial charge in [-0.2, -0.15) is 0 Å². The van der Waals surface area contributed by atoms with E-state index in [9.17, 15) is 14.4 Å². The third kappa shape index (κ3) is 3.18. The number of benzene rings is 2. The topological polar surface area (TPSA) is 78.5 Å². The minimum atomic E-state index is -1.32. The lowest BCUT2D eigenvalue weighted by molar-refractivity contribution is -0.134. The van der Waals surface area contributed by atoms with Gasteiger partial charge in [-0.15, -0.1) is 0 Å². The Morgan fingerprint density at radius 3 is 2.07 bits per heavy atom. The van der Waals surface area contributed by atoms with E-state index >= 15 is 0 Å². The molecule has 1 aliphatic heterocycles. The number of carbonyl (C=O) groups excluding carboxylic acids is 3. The maximum Gasteiger partial charge on any atom is 0.326 e. The van der Waals surface area contributed by atoms with Crippen LogP contribution in [0.1, 0.15) is 24.0 Å². The highest BCUT2D eigenvalue weighted by Crippen LogP contribution is 2.35. The van der Waals surface area contributed by atoms with Crippen molar-refractivity contribution in [2.75, 3.05) is 13.1 Å². The highest BCUT2D eigenvalue weighted by Gasteiger charge is 2.54. The van der Waals surface area contributed by atoms with Gasteiger partial charge in [-0.3, -0.25) is 14.5 Å². The first-order valence-corrected chi connectivity index (χ1v) is 9.13. The third-order valence-corrected chi connectivity index (χ3v) is 5.11. The van der Waals surface area contributed by atoms with Crippen LogP contribution in [-0.2, 0) is 15.1 Å². The van der Waals surface area contributed by atoms with Crippen LogP contribution in [0, 0.1) is 5.92 Å². The summed E-state index contributed by atoms with van der Waals surface area (Å²) in [5, 5.41) is 5.65. The summed E-state index contributed by atoms with van der Waals surface area (Å²) in [6.07, 6.45) is 2.24. The summed E-state index contributed by atoms with van der Waals surface area (Å²) in [5.74, 6) is -0.224. The van der Waals surface area contributed by atoms with Crippen molar-refractivity contribution in [2.24, 2.45) is 5.92 Å². The molecule has 0 aromatic heterocycles. The molecule has 1 saturated heterocycles. The molecular formula is C21H21N3O3. The van der Waals surface area contributed by atoms with Gasteiger partial charge in [-0.1, -0.05) is 60.7 Å². The molecule has 2 N–H and O–H groups in total. The summed E-state index contributed by atoms with van der Waals surface area (Å²) in [6, 6.07) is 17.7. The summed E-state index contributed by atoms with van der Waals surface area (Å²) in [4.78, 5) is 39.3. The average Bonchev–Trinajstić information content (AvgIpc) is 3.50. The van der Waals surface area contributed by atoms with Crippen LogP contribution in [0.2, 0.25) is 0 Å². The maximum absolute atomic E-state index is 13.4. The molecule has 6 heteroatoms. The molecule has 0 bridgehead atoms. The first kappa shape index (κ1) is 17.3. The summed E-state index contributed by atoms with van der Waals surface area (Å²) in [6.45, 7) is 0.323. The van der Waals surface area contributed by atoms with E-state index in [1.165, 1.54) is 0 Å². The van der Waals surface area contributed by atoms with E-state index in [0.717, 1.165) is 17.7 Å². The van der Waals surface area contributed by atoms with Crippen LogP contribution in [0.4, 0.5) is 4.79 Å². The molecule has 2 fully saturated rings. The Hall–Kier alpha value is -3.15. The fourth-order valence-electron chi connectivity index (χ4n) is 3.43. The monoisotopic (exact) mass is 363 g/mol. The van der Waals surface area contributed by atoms with Crippen molar-refractivity contribution >= 4 is 17.8 Å². The van der Waals surface area contributed by atoms with Gasteiger partial charge in [0, 0.05) is 6.54 Å². The molecule has 0 unspecified atom stereocenters. The minimum Gasteiger partial charge on any atom is -0.354 e. The van der Waals surface area contributed by atoms with E-state index < -0.39 is 17.5 Å². The standard InChI is InChI=1S/C21H21N3O3/c25-18(22-13-15-11-12-15)14-24-19(26)21(23-20(24)27,16-7-3-1-4-8-16)17-9-5-2-6-10-17/h1-10,15H,11-14H2,(H,22,25)(H,23,27). The van der Waals surface area contributed by atoms with Gasteiger partial charge in [0.05, 0.1) is 0 Å². The Morgan fingerprint density at radius 1 is 1.00 bits per heavy atom. The fourth-order valence-corrected chi connectivity index (χ4v) is 3.43. The van der Waals surface area contributed by atoms with Gasteiger partial charge in [-0.05, 0) is 29.9 Å². The summed E-state index contributed by atoms with van der Waals surface area (Å²) >= 11 is 0. The number of carbonyl (C=O) groups is 3. The zero-order valence-corrected chi connectivity index (χ0v) is 14.9. The highest BCUT2D eigenvalue weighted by atomic mass is 16.2. The number of nitrogens with zero attached hydrogens (tertiary/aromatic N) is 1. The second-order valence-electron chi connectivity index (χ2n) is 7.05. The van der Waals surface area contributed by atoms with Gasteiger partial charge in [0.25, 0.3) is 5.91 Å². The molecule has 6 nitrogen and oxygen atoms in total. The molecule has 0 atom stereocenters. The van der Waals surface area contributed by atoms with Gasteiger partial charge in [0.2, 0.25) is 5.91 Å². The van der Waals surface area contributed by atoms with Crippen LogP contribution in [-0.4, -0.2) is 35.8 Å². The minimum absolute atomic E-state index is 0.279. The van der Waals surface area contributed by atoms with E-state index in [0.29, 0.717) is 23.6 Å². The second kappa shape index (κ2) is 6.87. The lowest BCUT2D eigenvalue weighted by Gasteiger charge is -2.28. The molecule has 2 aliphatic rings. The third-order valence-electron chi connectivity index (χ3n) is 5.11. The van der Waals surface area contributed by atoms with Crippen molar-refractivity contribution in [3.63, 3.8) is 0 Å². The molecule has 2 aromatic carbocycles. The zero-order chi connectivity index (χ0) is 18.9. The number of urea groups is 1. The Kier molecular flexibility index (Phi) is 4.39. The predicted octanol–water partition coefficient (Wildman–Crippen LogP) is 2.01. The maximum atomic E-state index is 13.4. The van der Waals surface area contributed by atoms with E-state index in [4.69, 9.17) is 0 Å². The largest absolute Gasteiger partial charge is 0.354 e. The van der Waals surface area contributed by atoms with Crippen LogP contribution in [0.15, 0.2) is 60.7 Å². The molecule has 4 amide bonds. The van der Waals surface area contributed by atoms with Gasteiger partial charge in [-0.25, -0.2) is 4.79 Å². The number of imide groups is 1. The average molecular weight is 363 g/mol. The Bertz CT molecular complexity index is 823. The van der Waals surface area contributed by atoms with Crippen molar-refractivity contribution in [2.45, 2.75) is 18.4 Å². The van der Waals surface area contributed by atoms with Crippen molar-refractivity contribution in [1.82, 2.24) is 15.5 Å². The predicted molar refractivity (Wildman–Crippen MR) is 99.6 cm³/mol. The Labute approximate surface area is 157 Å². The molecule has 1 saturated carbocycles. The summed E-state index contributed by atoms with van der Waals surface area (Å²) in [7, 11) is 0. The first-order valence-electron chi connectivity index (χ1n) is 9.13. The quantitative estimate of drug-likeness (QED) is 0.771.